The number of ether oxygens (including phenoxy) is 1. The topological polar surface area (TPSA) is 85.4 Å². The van der Waals surface area contributed by atoms with Gasteiger partial charge in [0.15, 0.2) is 5.78 Å². The largest absolute Gasteiger partial charge is 0.484 e. The van der Waals surface area contributed by atoms with Crippen molar-refractivity contribution in [1.29, 1.82) is 0 Å². The van der Waals surface area contributed by atoms with Crippen LogP contribution in [0, 0.1) is 5.82 Å². The molecule has 0 atom stereocenters. The molecule has 0 spiro atoms. The van der Waals surface area contributed by atoms with Gasteiger partial charge in [-0.3, -0.25) is 9.52 Å². The molecule has 1 heterocycles. The monoisotopic (exact) mass is 412 g/mol. The standard InChI is InChI=1S/C18H18ClFN2O4S/c1-27(24,25)22-17-7-6-16(18(21-17)11-2-3-11)26-10-14(23)8-12-4-5-13(20)9-15(12)19/h4-7,9,11H,2-3,8,10H2,1H3,(H,21,22). The van der Waals surface area contributed by atoms with Gasteiger partial charge in [0.25, 0.3) is 0 Å². The first kappa shape index (κ1) is 19.6. The van der Waals surface area contributed by atoms with Crippen molar-refractivity contribution in [3.8, 4) is 5.75 Å². The molecule has 1 aliphatic carbocycles. The number of rotatable bonds is 8. The Bertz CT molecular complexity index is 977. The number of halogens is 2. The van der Waals surface area contributed by atoms with Gasteiger partial charge >= 0.3 is 0 Å². The van der Waals surface area contributed by atoms with Gasteiger partial charge in [0.2, 0.25) is 10.0 Å². The molecule has 0 aliphatic heterocycles. The van der Waals surface area contributed by atoms with E-state index >= 15 is 0 Å². The number of pyridine rings is 1. The molecular formula is C18H18ClFN2O4S. The van der Waals surface area contributed by atoms with E-state index in [2.05, 4.69) is 9.71 Å². The Labute approximate surface area is 161 Å². The zero-order valence-electron chi connectivity index (χ0n) is 14.5. The van der Waals surface area contributed by atoms with E-state index in [1.54, 1.807) is 6.07 Å². The molecule has 2 aromatic rings. The van der Waals surface area contributed by atoms with Crippen LogP contribution in [0.2, 0.25) is 5.02 Å². The summed E-state index contributed by atoms with van der Waals surface area (Å²) < 4.78 is 43.7. The summed E-state index contributed by atoms with van der Waals surface area (Å²) >= 11 is 5.94. The van der Waals surface area contributed by atoms with Gasteiger partial charge < -0.3 is 4.74 Å². The molecule has 0 unspecified atom stereocenters. The summed E-state index contributed by atoms with van der Waals surface area (Å²) in [5.74, 6) is 0.188. The third kappa shape index (κ3) is 5.64. The Hall–Kier alpha value is -2.19. The molecule has 0 amide bonds. The number of ketones is 1. The van der Waals surface area contributed by atoms with Crippen molar-refractivity contribution in [2.24, 2.45) is 0 Å². The average molecular weight is 413 g/mol. The van der Waals surface area contributed by atoms with E-state index in [1.807, 2.05) is 0 Å². The number of nitrogens with zero attached hydrogens (tertiary/aromatic N) is 1. The van der Waals surface area contributed by atoms with E-state index in [-0.39, 0.29) is 35.6 Å². The van der Waals surface area contributed by atoms with Crippen molar-refractivity contribution in [1.82, 2.24) is 4.98 Å². The third-order valence-electron chi connectivity index (χ3n) is 3.93. The Morgan fingerprint density at radius 1 is 1.33 bits per heavy atom. The maximum Gasteiger partial charge on any atom is 0.230 e. The van der Waals surface area contributed by atoms with Crippen LogP contribution >= 0.6 is 11.6 Å². The normalized spacial score (nSPS) is 14.0. The summed E-state index contributed by atoms with van der Waals surface area (Å²) in [5.41, 5.74) is 1.16. The molecule has 1 fully saturated rings. The van der Waals surface area contributed by atoms with E-state index < -0.39 is 15.8 Å². The average Bonchev–Trinajstić information content (AvgIpc) is 3.39. The lowest BCUT2D eigenvalue weighted by Crippen LogP contribution is -2.16. The molecule has 0 saturated heterocycles. The SMILES string of the molecule is CS(=O)(=O)Nc1ccc(OCC(=O)Cc2ccc(F)cc2Cl)c(C2CC2)n1. The molecule has 3 rings (SSSR count). The lowest BCUT2D eigenvalue weighted by Gasteiger charge is -2.12. The van der Waals surface area contributed by atoms with Gasteiger partial charge in [-0.05, 0) is 42.7 Å². The first-order valence-corrected chi connectivity index (χ1v) is 10.6. The molecule has 1 aliphatic rings. The predicted molar refractivity (Wildman–Crippen MR) is 100 cm³/mol. The molecule has 1 aromatic heterocycles. The number of hydrogen-bond acceptors (Lipinski definition) is 5. The first-order chi connectivity index (χ1) is 12.7. The van der Waals surface area contributed by atoms with Crippen molar-refractivity contribution in [3.05, 3.63) is 52.4 Å². The summed E-state index contributed by atoms with van der Waals surface area (Å²) in [7, 11) is -3.43. The summed E-state index contributed by atoms with van der Waals surface area (Å²) in [6, 6.07) is 6.97. The number of anilines is 1. The number of aromatic nitrogens is 1. The minimum absolute atomic E-state index is 0.0268. The maximum atomic E-state index is 13.1. The Kier molecular flexibility index (Phi) is 5.67. The highest BCUT2D eigenvalue weighted by Crippen LogP contribution is 2.43. The highest BCUT2D eigenvalue weighted by Gasteiger charge is 2.29. The zero-order chi connectivity index (χ0) is 19.6. The van der Waals surface area contributed by atoms with E-state index in [0.717, 1.165) is 25.2 Å². The first-order valence-electron chi connectivity index (χ1n) is 8.28. The fraction of sp³-hybridized carbons (Fsp3) is 0.333. The van der Waals surface area contributed by atoms with Crippen LogP contribution in [-0.4, -0.2) is 32.0 Å². The Morgan fingerprint density at radius 3 is 2.70 bits per heavy atom. The van der Waals surface area contributed by atoms with Gasteiger partial charge in [-0.2, -0.15) is 0 Å². The quantitative estimate of drug-likeness (QED) is 0.718. The number of carbonyl (C=O) groups excluding carboxylic acids is 1. The highest BCUT2D eigenvalue weighted by molar-refractivity contribution is 7.92. The number of nitrogens with one attached hydrogen (secondary N) is 1. The van der Waals surface area contributed by atoms with Gasteiger partial charge in [0.05, 0.1) is 11.9 Å². The fourth-order valence-corrected chi connectivity index (χ4v) is 3.29. The second kappa shape index (κ2) is 7.82. The van der Waals surface area contributed by atoms with Crippen LogP contribution in [0.15, 0.2) is 30.3 Å². The third-order valence-corrected chi connectivity index (χ3v) is 4.86. The van der Waals surface area contributed by atoms with E-state index in [9.17, 15) is 17.6 Å². The molecule has 9 heteroatoms. The molecule has 1 aromatic carbocycles. The second-order valence-electron chi connectivity index (χ2n) is 6.47. The summed E-state index contributed by atoms with van der Waals surface area (Å²) in [6.07, 6.45) is 2.95. The van der Waals surface area contributed by atoms with Crippen LogP contribution in [0.3, 0.4) is 0 Å². The summed E-state index contributed by atoms with van der Waals surface area (Å²) in [5, 5.41) is 0.194. The molecule has 6 nitrogen and oxygen atoms in total. The molecule has 1 N–H and O–H groups in total. The number of Topliss-reactive ketones (excluding diaryl/α,β-unsaturated/α-hetero) is 1. The zero-order valence-corrected chi connectivity index (χ0v) is 16.1. The van der Waals surface area contributed by atoms with Crippen LogP contribution in [0.1, 0.15) is 30.0 Å². The van der Waals surface area contributed by atoms with Gasteiger partial charge in [-0.25, -0.2) is 17.8 Å². The molecule has 0 radical (unpaired) electrons. The molecule has 144 valence electrons. The molecular weight excluding hydrogens is 395 g/mol. The lowest BCUT2D eigenvalue weighted by molar-refractivity contribution is -0.120. The van der Waals surface area contributed by atoms with Gasteiger partial charge in [0, 0.05) is 17.4 Å². The fourth-order valence-electron chi connectivity index (χ4n) is 2.57. The lowest BCUT2D eigenvalue weighted by atomic mass is 10.1. The van der Waals surface area contributed by atoms with E-state index in [1.165, 1.54) is 18.2 Å². The van der Waals surface area contributed by atoms with Crippen LogP contribution < -0.4 is 9.46 Å². The van der Waals surface area contributed by atoms with Crippen LogP contribution in [0.25, 0.3) is 0 Å². The van der Waals surface area contributed by atoms with Gasteiger partial charge in [-0.1, -0.05) is 17.7 Å². The highest BCUT2D eigenvalue weighted by atomic mass is 35.5. The van der Waals surface area contributed by atoms with Crippen LogP contribution in [0.4, 0.5) is 10.2 Å². The second-order valence-corrected chi connectivity index (χ2v) is 8.62. The van der Waals surface area contributed by atoms with Crippen LogP contribution in [-0.2, 0) is 21.2 Å². The predicted octanol–water partition coefficient (Wildman–Crippen LogP) is 3.31. The van der Waals surface area contributed by atoms with Crippen molar-refractivity contribution in [3.63, 3.8) is 0 Å². The number of carbonyl (C=O) groups is 1. The Balaban J connectivity index is 1.67. The Morgan fingerprint density at radius 2 is 2.07 bits per heavy atom. The molecule has 27 heavy (non-hydrogen) atoms. The smallest absolute Gasteiger partial charge is 0.230 e. The van der Waals surface area contributed by atoms with Crippen molar-refractivity contribution >= 4 is 33.2 Å². The van der Waals surface area contributed by atoms with E-state index in [4.69, 9.17) is 16.3 Å². The minimum atomic E-state index is -3.43. The van der Waals surface area contributed by atoms with Crippen LogP contribution in [0.5, 0.6) is 5.75 Å². The van der Waals surface area contributed by atoms with E-state index in [0.29, 0.717) is 17.0 Å². The molecule has 0 bridgehead atoms. The van der Waals surface area contributed by atoms with Gasteiger partial charge in [0.1, 0.15) is 24.0 Å². The van der Waals surface area contributed by atoms with Crippen molar-refractivity contribution in [2.45, 2.75) is 25.2 Å². The summed E-state index contributed by atoms with van der Waals surface area (Å²) in [4.78, 5) is 16.5. The summed E-state index contributed by atoms with van der Waals surface area (Å²) in [6.45, 7) is -0.187. The maximum absolute atomic E-state index is 13.1. The van der Waals surface area contributed by atoms with Gasteiger partial charge in [-0.15, -0.1) is 0 Å². The number of benzene rings is 1. The number of sulfonamides is 1. The number of hydrogen-bond donors (Lipinski definition) is 1. The molecule has 1 saturated carbocycles. The van der Waals surface area contributed by atoms with Crippen molar-refractivity contribution < 1.29 is 22.3 Å². The van der Waals surface area contributed by atoms with Crippen molar-refractivity contribution in [2.75, 3.05) is 17.6 Å². The minimum Gasteiger partial charge on any atom is -0.484 e.